The Kier molecular flexibility index (Phi) is 18.1. The van der Waals surface area contributed by atoms with Gasteiger partial charge in [0.1, 0.15) is 30.7 Å². The van der Waals surface area contributed by atoms with Crippen LogP contribution in [0.1, 0.15) is 130 Å². The molecule has 2 aromatic carbocycles. The van der Waals surface area contributed by atoms with Crippen LogP contribution in [0.5, 0.6) is 17.2 Å². The van der Waals surface area contributed by atoms with E-state index in [-0.39, 0.29) is 72.6 Å². The molecule has 4 heterocycles. The number of esters is 1. The van der Waals surface area contributed by atoms with E-state index in [0.717, 1.165) is 75.5 Å². The molecule has 10 rings (SSSR count). The lowest BCUT2D eigenvalue weighted by molar-refractivity contribution is -0.336. The summed E-state index contributed by atoms with van der Waals surface area (Å²) in [5.74, 6) is 0.347. The van der Waals surface area contributed by atoms with Crippen molar-refractivity contribution >= 4 is 5.97 Å². The first kappa shape index (κ1) is 58.2. The van der Waals surface area contributed by atoms with Crippen molar-refractivity contribution in [3.05, 3.63) is 65.2 Å². The number of aliphatic hydroxyl groups is 6. The number of aliphatic hydroxyl groups excluding tert-OH is 5. The molecular formula is C59H87NO17. The van der Waals surface area contributed by atoms with Gasteiger partial charge in [0.25, 0.3) is 0 Å². The number of cyclic esters (lactones) is 1. The molecule has 0 aromatic heterocycles. The fourth-order valence-electron chi connectivity index (χ4n) is 15.1. The highest BCUT2D eigenvalue weighted by Gasteiger charge is 2.71. The first-order valence-corrected chi connectivity index (χ1v) is 28.5. The molecule has 18 nitrogen and oxygen atoms in total. The van der Waals surface area contributed by atoms with E-state index >= 15 is 0 Å². The van der Waals surface area contributed by atoms with Gasteiger partial charge in [0.05, 0.1) is 54.4 Å². The third-order valence-electron chi connectivity index (χ3n) is 19.7. The van der Waals surface area contributed by atoms with Crippen LogP contribution in [-0.4, -0.2) is 163 Å². The van der Waals surface area contributed by atoms with Crippen LogP contribution in [0.2, 0.25) is 0 Å². The second-order valence-corrected chi connectivity index (χ2v) is 24.4. The topological polar surface area (TPSA) is 276 Å². The van der Waals surface area contributed by atoms with Crippen molar-refractivity contribution in [3.8, 4) is 17.2 Å². The smallest absolute Gasteiger partial charge is 0.331 e. The normalized spacial score (nSPS) is 43.2. The number of fused-ring (bicyclic) bond motifs is 5. The molecule has 430 valence electrons. The number of aryl methyl sites for hydroxylation is 1. The van der Waals surface area contributed by atoms with Gasteiger partial charge in [-0.15, -0.1) is 0 Å². The summed E-state index contributed by atoms with van der Waals surface area (Å²) in [6.45, 7) is 12.9. The predicted molar refractivity (Wildman–Crippen MR) is 280 cm³/mol. The summed E-state index contributed by atoms with van der Waals surface area (Å²) in [5, 5.41) is 98.3. The molecule has 1 unspecified atom stereocenters. The average Bonchev–Trinajstić information content (AvgIpc) is 4.20. The monoisotopic (exact) mass is 1080 g/mol. The second-order valence-electron chi connectivity index (χ2n) is 24.4. The zero-order valence-corrected chi connectivity index (χ0v) is 45.7. The van der Waals surface area contributed by atoms with Crippen LogP contribution in [0, 0.1) is 34.5 Å². The fraction of sp³-hybridized carbons (Fsp3) is 0.746. The van der Waals surface area contributed by atoms with Crippen molar-refractivity contribution in [1.29, 1.82) is 0 Å². The maximum Gasteiger partial charge on any atom is 0.331 e. The van der Waals surface area contributed by atoms with E-state index in [0.29, 0.717) is 30.6 Å². The van der Waals surface area contributed by atoms with Gasteiger partial charge in [0, 0.05) is 36.8 Å². The van der Waals surface area contributed by atoms with Crippen LogP contribution in [0.3, 0.4) is 0 Å². The average molecular weight is 1080 g/mol. The SMILES string of the molecule is CC(CCc1ccc(O)cc1)NCCc1ccc(O)c(O)c1.C[C@H]1O[C@@H](O[C@H]2[C@@H](O)C[C@H](O[C@H]3[C@@H](O)C[C@H](O[C@H]4CC[C@@]5(C)[C@H](CC[C@@H]6[C@@H]5C[C@@H](O)[C@]5(C)[C@@H](C7=CC(=O)OC7)CC[C@]65O)C4)O[C@@H]3C)O[C@@H]2C)C[C@H](O)[C@@H]1O. The Hall–Kier alpha value is -3.47. The molecule has 8 aliphatic rings. The number of hydrogen-bond donors (Lipinski definition) is 10. The molecule has 77 heavy (non-hydrogen) atoms. The highest BCUT2D eigenvalue weighted by molar-refractivity contribution is 5.85. The van der Waals surface area contributed by atoms with E-state index in [1.165, 1.54) is 11.6 Å². The molecule has 7 fully saturated rings. The number of hydrogen-bond acceptors (Lipinski definition) is 18. The van der Waals surface area contributed by atoms with Gasteiger partial charge in [0.2, 0.25) is 0 Å². The highest BCUT2D eigenvalue weighted by atomic mass is 16.7. The van der Waals surface area contributed by atoms with E-state index in [4.69, 9.17) is 33.2 Å². The van der Waals surface area contributed by atoms with Gasteiger partial charge in [0.15, 0.2) is 30.4 Å². The van der Waals surface area contributed by atoms with Gasteiger partial charge in [-0.3, -0.25) is 0 Å². The van der Waals surface area contributed by atoms with Gasteiger partial charge >= 0.3 is 5.97 Å². The summed E-state index contributed by atoms with van der Waals surface area (Å²) < 4.78 is 42.1. The van der Waals surface area contributed by atoms with Crippen LogP contribution in [0.25, 0.3) is 0 Å². The Morgan fingerprint density at radius 1 is 0.688 bits per heavy atom. The maximum absolute atomic E-state index is 12.6. The number of ether oxygens (including phenoxy) is 7. The number of benzene rings is 2. The minimum absolute atomic E-state index is 0.0452. The summed E-state index contributed by atoms with van der Waals surface area (Å²) in [4.78, 5) is 11.9. The molecule has 4 saturated carbocycles. The van der Waals surface area contributed by atoms with E-state index in [1.807, 2.05) is 32.0 Å². The fourth-order valence-corrected chi connectivity index (χ4v) is 15.1. The molecule has 3 saturated heterocycles. The van der Waals surface area contributed by atoms with E-state index in [1.54, 1.807) is 38.1 Å². The number of carbonyl (C=O) groups excluding carboxylic acids is 1. The summed E-state index contributed by atoms with van der Waals surface area (Å²) in [6.07, 6.45) is 1.28. The first-order valence-electron chi connectivity index (χ1n) is 28.5. The van der Waals surface area contributed by atoms with Crippen molar-refractivity contribution in [2.75, 3.05) is 13.2 Å². The lowest BCUT2D eigenvalue weighted by atomic mass is 9.42. The maximum atomic E-state index is 12.6. The quantitative estimate of drug-likeness (QED) is 0.0664. The van der Waals surface area contributed by atoms with Crippen molar-refractivity contribution in [1.82, 2.24) is 5.32 Å². The molecule has 22 atom stereocenters. The largest absolute Gasteiger partial charge is 0.508 e. The van der Waals surface area contributed by atoms with Crippen LogP contribution >= 0.6 is 0 Å². The number of aromatic hydroxyl groups is 3. The standard InChI is InChI=1S/C41H64O14.C18H23NO3/c1-19-36(47)28(42)15-34(50-19)54-38-21(3)52-35(17-30(38)44)55-37-20(2)51-33(16-29(37)43)53-24-8-10-39(4)23(13-24)6-7-26-27(39)14-31(45)40(5)25(9-11-41(26,40)48)22-12-32(46)49-18-22;1-13(2-3-14-4-7-16(20)8-5-14)19-11-10-15-6-9-17(21)18(22)12-15/h12,19-21,23-31,33-38,42-45,47-48H,6-11,13-18H2,1-5H3;4-9,12-13,19-22H,2-3,10-11H2,1H3/t19-,20-,21-,23-,24+,25-,26-,27+,28+,29+,30+,31-,33+,34+,35+,36-,37-,38-,39+,40+,41+;/m1./s1. The van der Waals surface area contributed by atoms with Crippen molar-refractivity contribution in [2.45, 2.75) is 229 Å². The first-order chi connectivity index (χ1) is 36.6. The molecule has 0 bridgehead atoms. The van der Waals surface area contributed by atoms with Crippen LogP contribution in [-0.2, 0) is 50.8 Å². The Balaban J connectivity index is 0.000000275. The molecule has 4 aliphatic carbocycles. The summed E-state index contributed by atoms with van der Waals surface area (Å²) in [7, 11) is 0. The summed E-state index contributed by atoms with van der Waals surface area (Å²) in [6, 6.07) is 12.6. The molecule has 2 aromatic rings. The van der Waals surface area contributed by atoms with E-state index in [9.17, 15) is 50.8 Å². The van der Waals surface area contributed by atoms with Gasteiger partial charge in [-0.05, 0) is 175 Å². The van der Waals surface area contributed by atoms with Gasteiger partial charge in [-0.25, -0.2) is 4.79 Å². The minimum atomic E-state index is -1.01. The number of phenolic OH excluding ortho intramolecular Hbond substituents is 3. The van der Waals surface area contributed by atoms with Gasteiger partial charge < -0.3 is 84.4 Å². The number of rotatable bonds is 14. The summed E-state index contributed by atoms with van der Waals surface area (Å²) >= 11 is 0. The Bertz CT molecular complexity index is 2300. The molecule has 0 amide bonds. The van der Waals surface area contributed by atoms with Crippen LogP contribution < -0.4 is 5.32 Å². The molecule has 10 N–H and O–H groups in total. The van der Waals surface area contributed by atoms with Gasteiger partial charge in [-0.1, -0.05) is 32.0 Å². The zero-order chi connectivity index (χ0) is 55.1. The molecular weight excluding hydrogens is 995 g/mol. The van der Waals surface area contributed by atoms with Crippen LogP contribution in [0.15, 0.2) is 54.1 Å². The lowest BCUT2D eigenvalue weighted by Gasteiger charge is -2.65. The third-order valence-corrected chi connectivity index (χ3v) is 19.7. The molecule has 18 heteroatoms. The molecule has 4 aliphatic heterocycles. The van der Waals surface area contributed by atoms with E-state index in [2.05, 4.69) is 19.2 Å². The van der Waals surface area contributed by atoms with Crippen molar-refractivity contribution < 1.29 is 83.9 Å². The van der Waals surface area contributed by atoms with E-state index < -0.39 is 90.9 Å². The van der Waals surface area contributed by atoms with Gasteiger partial charge in [-0.2, -0.15) is 0 Å². The minimum Gasteiger partial charge on any atom is -0.508 e. The van der Waals surface area contributed by atoms with Crippen LogP contribution in [0.4, 0.5) is 0 Å². The molecule has 0 radical (unpaired) electrons. The molecule has 0 spiro atoms. The number of carbonyl (C=O) groups is 1. The Morgan fingerprint density at radius 2 is 1.31 bits per heavy atom. The Morgan fingerprint density at radius 3 is 1.92 bits per heavy atom. The predicted octanol–water partition coefficient (Wildman–Crippen LogP) is 5.17. The lowest BCUT2D eigenvalue weighted by Crippen LogP contribution is -2.67. The number of nitrogens with one attached hydrogen (secondary N) is 1. The Labute approximate surface area is 453 Å². The van der Waals surface area contributed by atoms with Crippen molar-refractivity contribution in [2.24, 2.45) is 34.5 Å². The summed E-state index contributed by atoms with van der Waals surface area (Å²) in [5.41, 5.74) is 1.32. The highest BCUT2D eigenvalue weighted by Crippen LogP contribution is 2.70. The zero-order valence-electron chi connectivity index (χ0n) is 45.7. The number of phenols is 3. The van der Waals surface area contributed by atoms with Crippen molar-refractivity contribution in [3.63, 3.8) is 0 Å². The second kappa shape index (κ2) is 23.9. The third kappa shape index (κ3) is 12.3.